The van der Waals surface area contributed by atoms with Crippen LogP contribution < -0.4 is 19.5 Å². The first-order valence-electron chi connectivity index (χ1n) is 9.16. The molecular formula is C22H24N2O5. The Morgan fingerprint density at radius 1 is 1.00 bits per heavy atom. The zero-order chi connectivity index (χ0) is 21.0. The zero-order valence-electron chi connectivity index (χ0n) is 17.2. The van der Waals surface area contributed by atoms with Crippen molar-refractivity contribution in [3.05, 3.63) is 47.7 Å². The minimum absolute atomic E-state index is 0.328. The third kappa shape index (κ3) is 4.18. The topological polar surface area (TPSA) is 78.9 Å². The van der Waals surface area contributed by atoms with E-state index in [1.807, 2.05) is 38.1 Å². The Labute approximate surface area is 169 Å². The number of benzene rings is 2. The minimum Gasteiger partial charge on any atom is -0.494 e. The summed E-state index contributed by atoms with van der Waals surface area (Å²) in [4.78, 5) is 17.0. The Hall–Kier alpha value is -3.48. The lowest BCUT2D eigenvalue weighted by atomic mass is 10.1. The number of aromatic nitrogens is 1. The van der Waals surface area contributed by atoms with Gasteiger partial charge in [-0.05, 0) is 38.1 Å². The van der Waals surface area contributed by atoms with Gasteiger partial charge < -0.3 is 24.3 Å². The highest BCUT2D eigenvalue weighted by atomic mass is 16.5. The predicted molar refractivity (Wildman–Crippen MR) is 112 cm³/mol. The molecule has 152 valence electrons. The van der Waals surface area contributed by atoms with Crippen molar-refractivity contribution < 1.29 is 23.7 Å². The number of ether oxygens (including phenoxy) is 4. The summed E-state index contributed by atoms with van der Waals surface area (Å²) in [5.74, 6) is 1.19. The van der Waals surface area contributed by atoms with Crippen LogP contribution in [0.25, 0.3) is 10.9 Å². The molecule has 0 saturated carbocycles. The van der Waals surface area contributed by atoms with E-state index in [1.54, 1.807) is 19.2 Å². The van der Waals surface area contributed by atoms with E-state index in [9.17, 15) is 4.79 Å². The van der Waals surface area contributed by atoms with E-state index in [-0.39, 0.29) is 0 Å². The average Bonchev–Trinajstić information content (AvgIpc) is 2.73. The van der Waals surface area contributed by atoms with Gasteiger partial charge in [0.2, 0.25) is 0 Å². The molecule has 0 atom stereocenters. The van der Waals surface area contributed by atoms with Gasteiger partial charge in [0.05, 0.1) is 44.7 Å². The Morgan fingerprint density at radius 3 is 2.38 bits per heavy atom. The summed E-state index contributed by atoms with van der Waals surface area (Å²) in [6.45, 7) is 4.41. The number of hydrogen-bond donors (Lipinski definition) is 1. The smallest absolute Gasteiger partial charge is 0.340 e. The molecule has 7 heteroatoms. The van der Waals surface area contributed by atoms with E-state index in [2.05, 4.69) is 10.3 Å². The first-order chi connectivity index (χ1) is 14.0. The fourth-order valence-electron chi connectivity index (χ4n) is 3.10. The number of rotatable bonds is 7. The maximum atomic E-state index is 12.4. The number of anilines is 2. The summed E-state index contributed by atoms with van der Waals surface area (Å²) < 4.78 is 21.3. The highest BCUT2D eigenvalue weighted by Gasteiger charge is 2.19. The number of methoxy groups -OCH3 is 3. The SMILES string of the molecule is CCOc1ccc2nc(C)cc(Nc3cc(OC)c(OC)cc3C(=O)OC)c2c1. The molecule has 0 fully saturated rings. The van der Waals surface area contributed by atoms with Gasteiger partial charge in [-0.15, -0.1) is 0 Å². The van der Waals surface area contributed by atoms with Crippen molar-refractivity contribution >= 4 is 28.2 Å². The second-order valence-electron chi connectivity index (χ2n) is 6.29. The number of fused-ring (bicyclic) bond motifs is 1. The fraction of sp³-hybridized carbons (Fsp3) is 0.273. The molecule has 29 heavy (non-hydrogen) atoms. The fourth-order valence-corrected chi connectivity index (χ4v) is 3.10. The molecule has 7 nitrogen and oxygen atoms in total. The van der Waals surface area contributed by atoms with Crippen LogP contribution in [0, 0.1) is 6.92 Å². The number of hydrogen-bond acceptors (Lipinski definition) is 7. The van der Waals surface area contributed by atoms with Crippen LogP contribution >= 0.6 is 0 Å². The summed E-state index contributed by atoms with van der Waals surface area (Å²) in [6, 6.07) is 10.9. The van der Waals surface area contributed by atoms with Crippen molar-refractivity contribution in [3.63, 3.8) is 0 Å². The van der Waals surface area contributed by atoms with E-state index in [4.69, 9.17) is 18.9 Å². The number of carbonyl (C=O) groups excluding carboxylic acids is 1. The van der Waals surface area contributed by atoms with Gasteiger partial charge >= 0.3 is 5.97 Å². The van der Waals surface area contributed by atoms with Crippen LogP contribution in [-0.4, -0.2) is 38.9 Å². The zero-order valence-corrected chi connectivity index (χ0v) is 17.2. The Bertz CT molecular complexity index is 1050. The molecule has 2 aromatic carbocycles. The molecule has 0 spiro atoms. The van der Waals surface area contributed by atoms with Crippen molar-refractivity contribution in [1.29, 1.82) is 0 Å². The molecule has 3 rings (SSSR count). The standard InChI is InChI=1S/C22H24N2O5/c1-6-29-14-7-8-17-15(10-14)18(9-13(2)23-17)24-19-12-21(27-4)20(26-3)11-16(19)22(25)28-5/h7-12H,6H2,1-5H3,(H,23,24). The molecule has 1 heterocycles. The molecule has 0 amide bonds. The monoisotopic (exact) mass is 396 g/mol. The number of nitrogens with one attached hydrogen (secondary N) is 1. The molecule has 0 radical (unpaired) electrons. The van der Waals surface area contributed by atoms with Gasteiger partial charge in [0, 0.05) is 28.9 Å². The Balaban J connectivity index is 2.16. The lowest BCUT2D eigenvalue weighted by Gasteiger charge is -2.17. The molecule has 1 aromatic heterocycles. The van der Waals surface area contributed by atoms with Crippen LogP contribution in [-0.2, 0) is 4.74 Å². The lowest BCUT2D eigenvalue weighted by Crippen LogP contribution is -2.07. The van der Waals surface area contributed by atoms with E-state index >= 15 is 0 Å². The highest BCUT2D eigenvalue weighted by Crippen LogP contribution is 2.37. The van der Waals surface area contributed by atoms with Crippen molar-refractivity contribution in [2.75, 3.05) is 33.3 Å². The maximum absolute atomic E-state index is 12.4. The number of esters is 1. The summed E-state index contributed by atoms with van der Waals surface area (Å²) >= 11 is 0. The van der Waals surface area contributed by atoms with E-state index in [0.29, 0.717) is 29.4 Å². The quantitative estimate of drug-likeness (QED) is 0.590. The highest BCUT2D eigenvalue weighted by molar-refractivity contribution is 6.00. The molecule has 1 N–H and O–H groups in total. The van der Waals surface area contributed by atoms with Gasteiger partial charge in [-0.3, -0.25) is 4.98 Å². The number of aryl methyl sites for hydroxylation is 1. The maximum Gasteiger partial charge on any atom is 0.340 e. The molecule has 0 bridgehead atoms. The minimum atomic E-state index is -0.487. The van der Waals surface area contributed by atoms with Crippen LogP contribution in [0.1, 0.15) is 23.0 Å². The van der Waals surface area contributed by atoms with E-state index in [1.165, 1.54) is 14.2 Å². The van der Waals surface area contributed by atoms with Crippen molar-refractivity contribution in [1.82, 2.24) is 4.98 Å². The number of nitrogens with zero attached hydrogens (tertiary/aromatic N) is 1. The van der Waals surface area contributed by atoms with Gasteiger partial charge in [0.25, 0.3) is 0 Å². The molecule has 0 unspecified atom stereocenters. The normalized spacial score (nSPS) is 10.5. The van der Waals surface area contributed by atoms with E-state index < -0.39 is 5.97 Å². The number of pyridine rings is 1. The van der Waals surface area contributed by atoms with Gasteiger partial charge in [-0.25, -0.2) is 4.79 Å². The van der Waals surface area contributed by atoms with Crippen LogP contribution in [0.3, 0.4) is 0 Å². The lowest BCUT2D eigenvalue weighted by molar-refractivity contribution is 0.0601. The first-order valence-corrected chi connectivity index (χ1v) is 9.16. The van der Waals surface area contributed by atoms with Crippen LogP contribution in [0.2, 0.25) is 0 Å². The third-order valence-corrected chi connectivity index (χ3v) is 4.42. The van der Waals surface area contributed by atoms with Gasteiger partial charge in [-0.2, -0.15) is 0 Å². The van der Waals surface area contributed by atoms with Crippen LogP contribution in [0.4, 0.5) is 11.4 Å². The summed E-state index contributed by atoms with van der Waals surface area (Å²) in [6.07, 6.45) is 0. The third-order valence-electron chi connectivity index (χ3n) is 4.42. The second kappa shape index (κ2) is 8.68. The van der Waals surface area contributed by atoms with Crippen molar-refractivity contribution in [2.45, 2.75) is 13.8 Å². The van der Waals surface area contributed by atoms with Crippen LogP contribution in [0.5, 0.6) is 17.2 Å². The van der Waals surface area contributed by atoms with Gasteiger partial charge in [0.1, 0.15) is 5.75 Å². The summed E-state index contributed by atoms with van der Waals surface area (Å²) in [5.41, 5.74) is 3.30. The molecule has 0 saturated heterocycles. The predicted octanol–water partition coefficient (Wildman–Crippen LogP) is 4.49. The van der Waals surface area contributed by atoms with Crippen molar-refractivity contribution in [3.8, 4) is 17.2 Å². The Morgan fingerprint density at radius 2 is 1.72 bits per heavy atom. The van der Waals surface area contributed by atoms with E-state index in [0.717, 1.165) is 28.0 Å². The second-order valence-corrected chi connectivity index (χ2v) is 6.29. The largest absolute Gasteiger partial charge is 0.494 e. The summed E-state index contributed by atoms with van der Waals surface area (Å²) in [5, 5.41) is 4.20. The number of carbonyl (C=O) groups is 1. The molecule has 0 aliphatic rings. The Kier molecular flexibility index (Phi) is 6.07. The first kappa shape index (κ1) is 20.3. The molecule has 0 aliphatic carbocycles. The van der Waals surface area contributed by atoms with Crippen LogP contribution in [0.15, 0.2) is 36.4 Å². The molecule has 3 aromatic rings. The van der Waals surface area contributed by atoms with Crippen molar-refractivity contribution in [2.24, 2.45) is 0 Å². The molecular weight excluding hydrogens is 372 g/mol. The molecule has 0 aliphatic heterocycles. The van der Waals surface area contributed by atoms with Gasteiger partial charge in [0.15, 0.2) is 11.5 Å². The van der Waals surface area contributed by atoms with Gasteiger partial charge in [-0.1, -0.05) is 0 Å². The average molecular weight is 396 g/mol. The summed E-state index contributed by atoms with van der Waals surface area (Å²) in [7, 11) is 4.39.